The van der Waals surface area contributed by atoms with Crippen LogP contribution in [0.3, 0.4) is 0 Å². The fourth-order valence-electron chi connectivity index (χ4n) is 2.49. The molecule has 3 nitrogen and oxygen atoms in total. The molecule has 1 aliphatic heterocycles. The minimum Gasteiger partial charge on any atom is -0.389 e. The van der Waals surface area contributed by atoms with Crippen molar-refractivity contribution in [2.75, 3.05) is 13.1 Å². The second-order valence-electron chi connectivity index (χ2n) is 5.22. The van der Waals surface area contributed by atoms with E-state index in [1.807, 2.05) is 13.0 Å². The summed E-state index contributed by atoms with van der Waals surface area (Å²) >= 11 is 0. The van der Waals surface area contributed by atoms with Crippen LogP contribution in [0, 0.1) is 17.1 Å². The molecule has 0 aliphatic carbocycles. The third-order valence-electron chi connectivity index (χ3n) is 3.34. The maximum Gasteiger partial charge on any atom is 0.124 e. The monoisotopic (exact) mass is 248 g/mol. The third kappa shape index (κ3) is 3.06. The molecule has 0 spiro atoms. The summed E-state index contributed by atoms with van der Waals surface area (Å²) in [5, 5.41) is 19.0. The van der Waals surface area contributed by atoms with Crippen LogP contribution in [0.15, 0.2) is 18.2 Å². The predicted octanol–water partition coefficient (Wildman–Crippen LogP) is 2.04. The van der Waals surface area contributed by atoms with E-state index in [1.54, 1.807) is 6.07 Å². The van der Waals surface area contributed by atoms with E-state index in [4.69, 9.17) is 5.26 Å². The van der Waals surface area contributed by atoms with Crippen molar-refractivity contribution in [3.63, 3.8) is 0 Å². The van der Waals surface area contributed by atoms with Gasteiger partial charge in [-0.2, -0.15) is 5.26 Å². The number of halogens is 1. The van der Waals surface area contributed by atoms with Crippen LogP contribution >= 0.6 is 0 Å². The lowest BCUT2D eigenvalue weighted by Crippen LogP contribution is -2.45. The molecule has 1 aromatic rings. The zero-order chi connectivity index (χ0) is 13.2. The maximum absolute atomic E-state index is 13.0. The van der Waals surface area contributed by atoms with Gasteiger partial charge in [0.1, 0.15) is 5.82 Å². The summed E-state index contributed by atoms with van der Waals surface area (Å²) in [6, 6.07) is 6.30. The van der Waals surface area contributed by atoms with Gasteiger partial charge in [0.25, 0.3) is 0 Å². The van der Waals surface area contributed by atoms with Gasteiger partial charge in [0, 0.05) is 13.1 Å². The van der Waals surface area contributed by atoms with Crippen molar-refractivity contribution in [2.45, 2.75) is 31.9 Å². The molecule has 1 N–H and O–H groups in total. The topological polar surface area (TPSA) is 47.3 Å². The molecule has 0 radical (unpaired) electrons. The van der Waals surface area contributed by atoms with Crippen molar-refractivity contribution < 1.29 is 9.50 Å². The number of rotatable bonds is 2. The van der Waals surface area contributed by atoms with E-state index >= 15 is 0 Å². The molecule has 1 aliphatic rings. The number of hydrogen-bond donors (Lipinski definition) is 1. The molecule has 0 aromatic heterocycles. The fraction of sp³-hybridized carbons (Fsp3) is 0.500. The first-order chi connectivity index (χ1) is 8.50. The molecule has 0 saturated carbocycles. The quantitative estimate of drug-likeness (QED) is 0.871. The zero-order valence-electron chi connectivity index (χ0n) is 10.5. The molecule has 4 heteroatoms. The van der Waals surface area contributed by atoms with Crippen LogP contribution in [-0.2, 0) is 6.54 Å². The number of benzene rings is 1. The Hall–Kier alpha value is -1.44. The van der Waals surface area contributed by atoms with Gasteiger partial charge in [-0.25, -0.2) is 4.39 Å². The lowest BCUT2D eigenvalue weighted by atomic mass is 9.94. The van der Waals surface area contributed by atoms with Crippen LogP contribution in [0.2, 0.25) is 0 Å². The molecule has 1 aromatic carbocycles. The van der Waals surface area contributed by atoms with Gasteiger partial charge in [-0.05, 0) is 44.0 Å². The Balaban J connectivity index is 2.12. The second kappa shape index (κ2) is 5.05. The van der Waals surface area contributed by atoms with Crippen LogP contribution in [0.4, 0.5) is 4.39 Å². The predicted molar refractivity (Wildman–Crippen MR) is 66.2 cm³/mol. The van der Waals surface area contributed by atoms with Gasteiger partial charge in [0.15, 0.2) is 0 Å². The minimum absolute atomic E-state index is 0.375. The van der Waals surface area contributed by atoms with Crippen molar-refractivity contribution in [3.8, 4) is 6.07 Å². The van der Waals surface area contributed by atoms with E-state index in [1.165, 1.54) is 12.1 Å². The number of β-amino-alcohol motifs (C(OH)–C–C–N with tert-alkyl or cyclic N) is 1. The average Bonchev–Trinajstić information content (AvgIpc) is 2.30. The van der Waals surface area contributed by atoms with Crippen LogP contribution in [0.1, 0.15) is 30.9 Å². The Morgan fingerprint density at radius 3 is 3.00 bits per heavy atom. The van der Waals surface area contributed by atoms with Crippen LogP contribution in [-0.4, -0.2) is 28.7 Å². The van der Waals surface area contributed by atoms with Crippen molar-refractivity contribution in [3.05, 3.63) is 35.1 Å². The molecule has 1 fully saturated rings. The SMILES string of the molecule is CC1(O)CCCN(Cc2ccc(F)cc2C#N)C1. The van der Waals surface area contributed by atoms with E-state index in [-0.39, 0.29) is 5.82 Å². The Labute approximate surface area is 106 Å². The molecule has 2 rings (SSSR count). The summed E-state index contributed by atoms with van der Waals surface area (Å²) in [6.45, 7) is 3.90. The largest absolute Gasteiger partial charge is 0.389 e. The third-order valence-corrected chi connectivity index (χ3v) is 3.34. The molecule has 1 unspecified atom stereocenters. The van der Waals surface area contributed by atoms with E-state index < -0.39 is 5.60 Å². The van der Waals surface area contributed by atoms with E-state index in [2.05, 4.69) is 4.90 Å². The first kappa shape index (κ1) is 13.0. The minimum atomic E-state index is -0.662. The highest BCUT2D eigenvalue weighted by Crippen LogP contribution is 2.22. The second-order valence-corrected chi connectivity index (χ2v) is 5.22. The van der Waals surface area contributed by atoms with Crippen LogP contribution < -0.4 is 0 Å². The summed E-state index contributed by atoms with van der Waals surface area (Å²) in [4.78, 5) is 2.11. The normalized spacial score (nSPS) is 24.8. The summed E-state index contributed by atoms with van der Waals surface area (Å²) in [6.07, 6.45) is 1.74. The number of nitriles is 1. The van der Waals surface area contributed by atoms with Gasteiger partial charge in [0.2, 0.25) is 0 Å². The van der Waals surface area contributed by atoms with E-state index in [0.717, 1.165) is 24.9 Å². The molecule has 18 heavy (non-hydrogen) atoms. The summed E-state index contributed by atoms with van der Waals surface area (Å²) in [7, 11) is 0. The standard InChI is InChI=1S/C14H17FN2O/c1-14(18)5-2-6-17(10-14)9-11-3-4-13(15)7-12(11)8-16/h3-4,7,18H,2,5-6,9-10H2,1H3. The fourth-order valence-corrected chi connectivity index (χ4v) is 2.49. The van der Waals surface area contributed by atoms with Crippen molar-refractivity contribution in [1.82, 2.24) is 4.90 Å². The van der Waals surface area contributed by atoms with Crippen LogP contribution in [0.5, 0.6) is 0 Å². The van der Waals surface area contributed by atoms with E-state index in [9.17, 15) is 9.50 Å². The highest BCUT2D eigenvalue weighted by molar-refractivity contribution is 5.37. The molecule has 1 heterocycles. The lowest BCUT2D eigenvalue weighted by molar-refractivity contribution is -0.0181. The van der Waals surface area contributed by atoms with Gasteiger partial charge in [-0.1, -0.05) is 6.07 Å². The van der Waals surface area contributed by atoms with Gasteiger partial charge >= 0.3 is 0 Å². The first-order valence-electron chi connectivity index (χ1n) is 6.13. The molecular weight excluding hydrogens is 231 g/mol. The maximum atomic E-state index is 13.0. The number of piperidine rings is 1. The van der Waals surface area contributed by atoms with Gasteiger partial charge in [0.05, 0.1) is 17.2 Å². The van der Waals surface area contributed by atoms with Crippen LogP contribution in [0.25, 0.3) is 0 Å². The smallest absolute Gasteiger partial charge is 0.124 e. The molecular formula is C14H17FN2O. The summed E-state index contributed by atoms with van der Waals surface area (Å²) in [5.74, 6) is -0.388. The van der Waals surface area contributed by atoms with Crippen molar-refractivity contribution >= 4 is 0 Å². The highest BCUT2D eigenvalue weighted by atomic mass is 19.1. The Bertz CT molecular complexity index is 479. The Morgan fingerprint density at radius 1 is 1.56 bits per heavy atom. The molecule has 1 atom stereocenters. The molecule has 96 valence electrons. The van der Waals surface area contributed by atoms with Crippen molar-refractivity contribution in [1.29, 1.82) is 5.26 Å². The summed E-state index contributed by atoms with van der Waals surface area (Å²) < 4.78 is 13.0. The lowest BCUT2D eigenvalue weighted by Gasteiger charge is -2.36. The summed E-state index contributed by atoms with van der Waals surface area (Å²) in [5.41, 5.74) is 0.530. The first-order valence-corrected chi connectivity index (χ1v) is 6.13. The van der Waals surface area contributed by atoms with E-state index in [0.29, 0.717) is 18.7 Å². The van der Waals surface area contributed by atoms with Gasteiger partial charge in [-0.3, -0.25) is 4.90 Å². The number of likely N-dealkylation sites (tertiary alicyclic amines) is 1. The van der Waals surface area contributed by atoms with Gasteiger partial charge in [-0.15, -0.1) is 0 Å². The Kier molecular flexibility index (Phi) is 3.65. The highest BCUT2D eigenvalue weighted by Gasteiger charge is 2.28. The number of aliphatic hydroxyl groups is 1. The molecule has 0 bridgehead atoms. The molecule has 1 saturated heterocycles. The zero-order valence-corrected chi connectivity index (χ0v) is 10.5. The Morgan fingerprint density at radius 2 is 2.33 bits per heavy atom. The van der Waals surface area contributed by atoms with Gasteiger partial charge < -0.3 is 5.11 Å². The molecule has 0 amide bonds. The number of nitrogens with zero attached hydrogens (tertiary/aromatic N) is 2. The average molecular weight is 248 g/mol. The van der Waals surface area contributed by atoms with Crippen molar-refractivity contribution in [2.24, 2.45) is 0 Å². The number of hydrogen-bond acceptors (Lipinski definition) is 3.